The van der Waals surface area contributed by atoms with Gasteiger partial charge in [0.1, 0.15) is 29.2 Å². The van der Waals surface area contributed by atoms with Gasteiger partial charge < -0.3 is 9.84 Å². The van der Waals surface area contributed by atoms with Crippen molar-refractivity contribution in [1.82, 2.24) is 0 Å². The molecule has 5 aliphatic rings. The average Bonchev–Trinajstić information content (AvgIpc) is 1.58. The fraction of sp³-hybridized carbons (Fsp3) is 0.957. The molecular weight excluding hydrogens is 1310 g/mol. The Balaban J connectivity index is -0.000000255. The summed E-state index contributed by atoms with van der Waals surface area (Å²) in [5.41, 5.74) is 2.89. The molecule has 5 rings (SSSR count). The molecule has 6 atom stereocenters. The maximum Gasteiger partial charge on any atom is 0.399 e. The molecule has 5 aliphatic carbocycles. The van der Waals surface area contributed by atoms with Crippen LogP contribution in [0.1, 0.15) is 403 Å². The second-order valence-corrected chi connectivity index (χ2v) is 46.4. The first-order valence-corrected chi connectivity index (χ1v) is 40.3. The molecule has 0 amide bonds. The summed E-state index contributed by atoms with van der Waals surface area (Å²) >= 11 is 0. The molecule has 1 N–H and O–H groups in total. The lowest BCUT2D eigenvalue weighted by Crippen LogP contribution is -2.39. The van der Waals surface area contributed by atoms with Gasteiger partial charge >= 0.3 is 18.3 Å². The molecule has 0 heterocycles. The van der Waals surface area contributed by atoms with Gasteiger partial charge in [0.2, 0.25) is 0 Å². The number of Topliss-reactive ketones (excluding diaryl/α,β-unsaturated/α-hetero) is 3. The van der Waals surface area contributed by atoms with E-state index in [2.05, 4.69) is 242 Å². The number of carbonyl (C=O) groups is 4. The standard InChI is InChI=1S/C10H22.2C9H18.C9H20.2C8H13F3O.C8H14O2.C8H18O.C8H16O.C8H16.C7H14/c1-8(9(2,3)4)10(5,6)7;1-8(2,3)9(4)6-5-7-9;1-7(8-5-6-8)9(2,3)4;1-7(2)8(3)9(4,5)6;2*1-5(12)6(7(2,3)4)8(9,10)11;1-7(2,3)8(4-5-8)6(9)10;1-7(6-9-5)8(2,3)4;1-6(7(2)9)8(3,4)5;1-7(2,3)8(4)5-6-8;1-7(2,3)6-4-5-6/h8H,1-7H3;5-7H2,1-4H3;7-8H,5-6H2,1-4H3;7-8H,1-6H3;2*6H,1-4H3;4-5H2,1-3H3,(H,9,10);7H,6H2,1-5H3;6H,1-5H3;5-6H2,1-4H3;6H,4-5H2,1-3H3/t;;7-;8-;2*6-;;7-;6-;;/m..1110.11../s1. The lowest BCUT2D eigenvalue weighted by atomic mass is 9.56. The van der Waals surface area contributed by atoms with E-state index < -0.39 is 58.0 Å². The highest BCUT2D eigenvalue weighted by molar-refractivity contribution is 5.80. The summed E-state index contributed by atoms with van der Waals surface area (Å²) in [5, 5.41) is 8.84. The third kappa shape index (κ3) is 47.3. The van der Waals surface area contributed by atoms with Crippen LogP contribution in [0.15, 0.2) is 0 Å². The van der Waals surface area contributed by atoms with Crippen molar-refractivity contribution in [3.8, 4) is 0 Å². The summed E-state index contributed by atoms with van der Waals surface area (Å²) in [6, 6.07) is 0. The van der Waals surface area contributed by atoms with E-state index >= 15 is 0 Å². The van der Waals surface area contributed by atoms with Crippen molar-refractivity contribution in [3.05, 3.63) is 0 Å². The van der Waals surface area contributed by atoms with Crippen LogP contribution in [-0.2, 0) is 23.9 Å². The molecular formula is C92H182F6O6. The van der Waals surface area contributed by atoms with E-state index in [1.54, 1.807) is 14.0 Å². The zero-order chi connectivity index (χ0) is 85.8. The van der Waals surface area contributed by atoms with E-state index in [0.717, 1.165) is 68.8 Å². The number of alkyl halides is 6. The Morgan fingerprint density at radius 2 is 0.712 bits per heavy atom. The molecule has 0 unspecified atom stereocenters. The Morgan fingerprint density at radius 1 is 0.404 bits per heavy atom. The molecule has 0 radical (unpaired) electrons. The molecule has 0 saturated heterocycles. The highest BCUT2D eigenvalue weighted by atomic mass is 19.4. The molecule has 0 aromatic rings. The minimum absolute atomic E-state index is 0.0706. The molecule has 628 valence electrons. The molecule has 5 fully saturated rings. The van der Waals surface area contributed by atoms with Gasteiger partial charge in [0.15, 0.2) is 0 Å². The number of halogens is 6. The van der Waals surface area contributed by atoms with E-state index in [-0.39, 0.29) is 22.5 Å². The maximum atomic E-state index is 12.2. The molecule has 0 aliphatic heterocycles. The van der Waals surface area contributed by atoms with Gasteiger partial charge in [0.05, 0.1) is 5.41 Å². The van der Waals surface area contributed by atoms with Crippen molar-refractivity contribution < 1.29 is 55.4 Å². The average molecular weight is 1500 g/mol. The fourth-order valence-corrected chi connectivity index (χ4v) is 12.1. The third-order valence-electron chi connectivity index (χ3n) is 25.1. The second kappa shape index (κ2) is 42.1. The maximum absolute atomic E-state index is 12.2. The SMILES string of the molecule is CC(=O)[C@@H](C(C)(C)C)C(F)(F)F.CC(=O)[C@@H](C)C(C)(C)C.CC(=O)[C@H](C(C)(C)C)C(F)(F)F.CC(C(C)(C)C)C(C)(C)C.CC(C)(C)C1(C(=O)O)CC1.CC(C)(C)C1(C)CC1.CC(C)(C)C1(C)CCC1.CC(C)(C)C1CC1.CC(C)[C@@H](C)C(C)(C)C.COC[C@@H](C)C(C)(C)C.C[C@H](C1CC1)C(C)(C)C. The monoisotopic (exact) mass is 1500 g/mol. The Morgan fingerprint density at radius 3 is 0.731 bits per heavy atom. The van der Waals surface area contributed by atoms with Crippen LogP contribution in [0.2, 0.25) is 0 Å². The van der Waals surface area contributed by atoms with Gasteiger partial charge in [-0.2, -0.15) is 26.3 Å². The minimum atomic E-state index is -4.43. The van der Waals surface area contributed by atoms with Crippen LogP contribution in [0.3, 0.4) is 0 Å². The number of ether oxygens (including phenoxy) is 1. The predicted molar refractivity (Wildman–Crippen MR) is 441 cm³/mol. The first kappa shape index (κ1) is 113. The van der Waals surface area contributed by atoms with Crippen molar-refractivity contribution >= 4 is 23.3 Å². The number of rotatable bonds is 8. The highest BCUT2D eigenvalue weighted by Gasteiger charge is 2.58. The third-order valence-corrected chi connectivity index (χ3v) is 25.1. The van der Waals surface area contributed by atoms with E-state index in [0.29, 0.717) is 60.1 Å². The number of ketones is 3. The lowest BCUT2D eigenvalue weighted by Gasteiger charge is -2.49. The highest BCUT2D eigenvalue weighted by Crippen LogP contribution is 2.59. The molecule has 0 spiro atoms. The quantitative estimate of drug-likeness (QED) is 0.243. The van der Waals surface area contributed by atoms with E-state index in [1.165, 1.54) is 99.3 Å². The van der Waals surface area contributed by atoms with Gasteiger partial charge in [-0.15, -0.1) is 0 Å². The topological polar surface area (TPSA) is 97.7 Å². The first-order chi connectivity index (χ1) is 44.9. The van der Waals surface area contributed by atoms with Crippen LogP contribution in [0, 0.1) is 140 Å². The molecule has 104 heavy (non-hydrogen) atoms. The summed E-state index contributed by atoms with van der Waals surface area (Å²) < 4.78 is 78.5. The van der Waals surface area contributed by atoms with Crippen LogP contribution in [0.4, 0.5) is 26.3 Å². The minimum Gasteiger partial charge on any atom is -0.481 e. The van der Waals surface area contributed by atoms with E-state index in [9.17, 15) is 45.5 Å². The molecule has 5 saturated carbocycles. The van der Waals surface area contributed by atoms with E-state index in [1.807, 2.05) is 27.7 Å². The first-order valence-electron chi connectivity index (χ1n) is 40.3. The van der Waals surface area contributed by atoms with E-state index in [4.69, 9.17) is 9.84 Å². The molecule has 0 aromatic heterocycles. The summed E-state index contributed by atoms with van der Waals surface area (Å²) in [5.74, 6) is 0.542. The zero-order valence-corrected chi connectivity index (χ0v) is 78.5. The van der Waals surface area contributed by atoms with Gasteiger partial charge in [-0.25, -0.2) is 0 Å². The zero-order valence-electron chi connectivity index (χ0n) is 78.5. The Hall–Kier alpha value is -1.98. The number of hydrogen-bond acceptors (Lipinski definition) is 5. The van der Waals surface area contributed by atoms with Gasteiger partial charge in [0, 0.05) is 19.6 Å². The summed E-state index contributed by atoms with van der Waals surface area (Å²) in [6.45, 7) is 101. The largest absolute Gasteiger partial charge is 0.481 e. The Kier molecular flexibility index (Phi) is 45.7. The Bertz CT molecular complexity index is 2280. The van der Waals surface area contributed by atoms with Gasteiger partial charge in [-0.1, -0.05) is 318 Å². The predicted octanol–water partition coefficient (Wildman–Crippen LogP) is 30.7. The van der Waals surface area contributed by atoms with Gasteiger partial charge in [-0.3, -0.25) is 19.2 Å². The smallest absolute Gasteiger partial charge is 0.399 e. The van der Waals surface area contributed by atoms with Crippen molar-refractivity contribution in [2.75, 3.05) is 13.7 Å². The van der Waals surface area contributed by atoms with Crippen molar-refractivity contribution in [2.45, 2.75) is 415 Å². The molecule has 12 heteroatoms. The fourth-order valence-electron chi connectivity index (χ4n) is 12.1. The van der Waals surface area contributed by atoms with Gasteiger partial charge in [0.25, 0.3) is 0 Å². The summed E-state index contributed by atoms with van der Waals surface area (Å²) in [6.07, 6.45) is 5.99. The van der Waals surface area contributed by atoms with Gasteiger partial charge in [-0.05, 0) is 202 Å². The van der Waals surface area contributed by atoms with Crippen molar-refractivity contribution in [2.24, 2.45) is 140 Å². The molecule has 0 aromatic carbocycles. The number of hydrogen-bond donors (Lipinski definition) is 1. The lowest BCUT2D eigenvalue weighted by molar-refractivity contribution is -0.201. The number of carboxylic acids is 1. The number of aliphatic carboxylic acids is 1. The van der Waals surface area contributed by atoms with Crippen LogP contribution < -0.4 is 0 Å². The summed E-state index contributed by atoms with van der Waals surface area (Å²) in [7, 11) is 1.75. The molecule has 0 bridgehead atoms. The molecule has 6 nitrogen and oxygen atoms in total. The number of methoxy groups -OCH3 is 1. The normalized spacial score (nSPS) is 19.0. The van der Waals surface area contributed by atoms with Crippen molar-refractivity contribution in [1.29, 1.82) is 0 Å². The van der Waals surface area contributed by atoms with Crippen LogP contribution in [-0.4, -0.2) is 54.5 Å². The van der Waals surface area contributed by atoms with Crippen LogP contribution in [0.25, 0.3) is 0 Å². The number of carbonyl (C=O) groups excluding carboxylic acids is 3. The second-order valence-electron chi connectivity index (χ2n) is 46.4. The summed E-state index contributed by atoms with van der Waals surface area (Å²) in [4.78, 5) is 43.0. The Labute approximate surface area is 645 Å². The van der Waals surface area contributed by atoms with Crippen molar-refractivity contribution in [3.63, 3.8) is 0 Å². The number of carboxylic acid groups (broad SMARTS) is 1. The van der Waals surface area contributed by atoms with Crippen LogP contribution in [0.5, 0.6) is 0 Å². The van der Waals surface area contributed by atoms with Crippen LogP contribution >= 0.6 is 0 Å².